The first-order valence-corrected chi connectivity index (χ1v) is 10.8. The predicted molar refractivity (Wildman–Crippen MR) is 95.4 cm³/mol. The van der Waals surface area contributed by atoms with Crippen LogP contribution in [0.2, 0.25) is 18.1 Å². The monoisotopic (exact) mass is 330 g/mol. The summed E-state index contributed by atoms with van der Waals surface area (Å²) in [7, 11) is -1.81. The summed E-state index contributed by atoms with van der Waals surface area (Å²) in [4.78, 5) is 8.75. The van der Waals surface area contributed by atoms with Crippen molar-refractivity contribution in [3.05, 3.63) is 47.8 Å². The zero-order valence-corrected chi connectivity index (χ0v) is 15.6. The van der Waals surface area contributed by atoms with Gasteiger partial charge in [0.05, 0.1) is 18.9 Å². The fourth-order valence-electron chi connectivity index (χ4n) is 1.95. The molecule has 124 valence electrons. The van der Waals surface area contributed by atoms with Gasteiger partial charge in [-0.1, -0.05) is 45.0 Å². The minimum atomic E-state index is -1.81. The topological polar surface area (TPSA) is 55.2 Å². The Morgan fingerprint density at radius 2 is 1.83 bits per heavy atom. The lowest BCUT2D eigenvalue weighted by molar-refractivity contribution is 0.276. The standard InChI is InChI=1S/C18H26N2O2Si/c1-18(2,3)23(4,5)22-13-14-8-6-7-9-16(14)17-19-11-10-15(12-21)20-17/h6-11,21H,12-13H2,1-5H3. The summed E-state index contributed by atoms with van der Waals surface area (Å²) in [6.07, 6.45) is 1.68. The SMILES string of the molecule is CC(C)(C)[Si](C)(C)OCc1ccccc1-c1nccc(CO)n1. The zero-order valence-electron chi connectivity index (χ0n) is 14.6. The van der Waals surface area contributed by atoms with E-state index in [4.69, 9.17) is 4.43 Å². The van der Waals surface area contributed by atoms with E-state index in [2.05, 4.69) is 49.9 Å². The van der Waals surface area contributed by atoms with E-state index in [1.807, 2.05) is 18.2 Å². The van der Waals surface area contributed by atoms with E-state index < -0.39 is 8.32 Å². The molecule has 0 radical (unpaired) electrons. The summed E-state index contributed by atoms with van der Waals surface area (Å²) in [6.45, 7) is 11.7. The van der Waals surface area contributed by atoms with Crippen molar-refractivity contribution < 1.29 is 9.53 Å². The molecule has 1 N–H and O–H groups in total. The highest BCUT2D eigenvalue weighted by Crippen LogP contribution is 2.37. The van der Waals surface area contributed by atoms with Crippen molar-refractivity contribution in [2.24, 2.45) is 0 Å². The molecule has 0 saturated carbocycles. The van der Waals surface area contributed by atoms with Crippen molar-refractivity contribution in [2.45, 2.75) is 52.1 Å². The van der Waals surface area contributed by atoms with Gasteiger partial charge in [-0.25, -0.2) is 9.97 Å². The molecule has 1 aromatic carbocycles. The van der Waals surface area contributed by atoms with Gasteiger partial charge in [0.25, 0.3) is 0 Å². The van der Waals surface area contributed by atoms with Crippen LogP contribution < -0.4 is 0 Å². The lowest BCUT2D eigenvalue weighted by Crippen LogP contribution is -2.40. The van der Waals surface area contributed by atoms with E-state index in [0.29, 0.717) is 18.1 Å². The molecule has 0 aliphatic rings. The molecule has 0 unspecified atom stereocenters. The minimum absolute atomic E-state index is 0.0852. The summed E-state index contributed by atoms with van der Waals surface area (Å²) in [5, 5.41) is 9.44. The minimum Gasteiger partial charge on any atom is -0.413 e. The summed E-state index contributed by atoms with van der Waals surface area (Å²) < 4.78 is 6.33. The van der Waals surface area contributed by atoms with Gasteiger partial charge in [-0.15, -0.1) is 0 Å². The van der Waals surface area contributed by atoms with Crippen LogP contribution in [-0.2, 0) is 17.6 Å². The van der Waals surface area contributed by atoms with Crippen molar-refractivity contribution in [3.63, 3.8) is 0 Å². The Bertz CT molecular complexity index is 666. The Balaban J connectivity index is 2.28. The van der Waals surface area contributed by atoms with Gasteiger partial charge < -0.3 is 9.53 Å². The first kappa shape index (κ1) is 17.8. The Hall–Kier alpha value is -1.56. The molecule has 0 fully saturated rings. The van der Waals surface area contributed by atoms with Crippen LogP contribution in [0.5, 0.6) is 0 Å². The second-order valence-corrected chi connectivity index (χ2v) is 12.0. The molecule has 0 atom stereocenters. The van der Waals surface area contributed by atoms with Crippen LogP contribution in [0.4, 0.5) is 0 Å². The number of hydrogen-bond donors (Lipinski definition) is 1. The largest absolute Gasteiger partial charge is 0.413 e. The van der Waals surface area contributed by atoms with E-state index in [-0.39, 0.29) is 11.6 Å². The highest BCUT2D eigenvalue weighted by Gasteiger charge is 2.37. The average molecular weight is 331 g/mol. The smallest absolute Gasteiger partial charge is 0.192 e. The third-order valence-corrected chi connectivity index (χ3v) is 9.01. The summed E-state index contributed by atoms with van der Waals surface area (Å²) in [5.74, 6) is 0.631. The second-order valence-electron chi connectivity index (χ2n) is 7.24. The first-order valence-electron chi connectivity index (χ1n) is 7.89. The van der Waals surface area contributed by atoms with Gasteiger partial charge in [0.1, 0.15) is 0 Å². The van der Waals surface area contributed by atoms with Gasteiger partial charge in [0.15, 0.2) is 14.1 Å². The van der Waals surface area contributed by atoms with Crippen molar-refractivity contribution in [3.8, 4) is 11.4 Å². The molecule has 0 saturated heterocycles. The molecular weight excluding hydrogens is 304 g/mol. The van der Waals surface area contributed by atoms with Crippen molar-refractivity contribution in [1.82, 2.24) is 9.97 Å². The number of aliphatic hydroxyl groups is 1. The molecular formula is C18H26N2O2Si. The molecule has 0 aliphatic carbocycles. The Morgan fingerprint density at radius 1 is 1.13 bits per heavy atom. The maximum atomic E-state index is 9.27. The maximum Gasteiger partial charge on any atom is 0.192 e. The highest BCUT2D eigenvalue weighted by molar-refractivity contribution is 6.74. The Morgan fingerprint density at radius 3 is 2.48 bits per heavy atom. The summed E-state index contributed by atoms with van der Waals surface area (Å²) in [5.41, 5.74) is 2.66. The number of aromatic nitrogens is 2. The van der Waals surface area contributed by atoms with E-state index in [1.54, 1.807) is 12.3 Å². The molecule has 5 heteroatoms. The van der Waals surface area contributed by atoms with E-state index in [9.17, 15) is 5.11 Å². The lowest BCUT2D eigenvalue weighted by Gasteiger charge is -2.36. The number of rotatable bonds is 5. The van der Waals surface area contributed by atoms with E-state index >= 15 is 0 Å². The Kier molecular flexibility index (Phi) is 5.34. The quantitative estimate of drug-likeness (QED) is 0.837. The third kappa shape index (κ3) is 4.25. The fraction of sp³-hybridized carbons (Fsp3) is 0.444. The molecule has 23 heavy (non-hydrogen) atoms. The molecule has 0 aliphatic heterocycles. The number of nitrogens with zero attached hydrogens (tertiary/aromatic N) is 2. The van der Waals surface area contributed by atoms with Crippen LogP contribution in [-0.4, -0.2) is 23.4 Å². The summed E-state index contributed by atoms with van der Waals surface area (Å²) in [6, 6.07) is 9.75. The molecule has 1 heterocycles. The molecule has 0 amide bonds. The van der Waals surface area contributed by atoms with Crippen molar-refractivity contribution >= 4 is 8.32 Å². The average Bonchev–Trinajstić information content (AvgIpc) is 2.52. The molecule has 0 bridgehead atoms. The van der Waals surface area contributed by atoms with E-state index in [1.165, 1.54) is 0 Å². The second kappa shape index (κ2) is 6.91. The highest BCUT2D eigenvalue weighted by atomic mass is 28.4. The zero-order chi connectivity index (χ0) is 17.1. The van der Waals surface area contributed by atoms with Gasteiger partial charge in [-0.05, 0) is 29.8 Å². The van der Waals surface area contributed by atoms with Gasteiger partial charge in [-0.3, -0.25) is 0 Å². The van der Waals surface area contributed by atoms with Gasteiger partial charge in [-0.2, -0.15) is 0 Å². The van der Waals surface area contributed by atoms with Crippen LogP contribution in [0.15, 0.2) is 36.5 Å². The fourth-order valence-corrected chi connectivity index (χ4v) is 2.90. The predicted octanol–water partition coefficient (Wildman–Crippen LogP) is 4.16. The summed E-state index contributed by atoms with van der Waals surface area (Å²) >= 11 is 0. The Labute approximate surface area is 139 Å². The third-order valence-electron chi connectivity index (χ3n) is 4.53. The normalized spacial score (nSPS) is 12.4. The van der Waals surface area contributed by atoms with Crippen molar-refractivity contribution in [2.75, 3.05) is 0 Å². The van der Waals surface area contributed by atoms with Crippen LogP contribution in [0.1, 0.15) is 32.0 Å². The molecule has 1 aromatic heterocycles. The molecule has 4 nitrogen and oxygen atoms in total. The van der Waals surface area contributed by atoms with Crippen LogP contribution in [0.25, 0.3) is 11.4 Å². The van der Waals surface area contributed by atoms with Crippen LogP contribution >= 0.6 is 0 Å². The van der Waals surface area contributed by atoms with Crippen molar-refractivity contribution in [1.29, 1.82) is 0 Å². The first-order chi connectivity index (χ1) is 10.7. The molecule has 2 aromatic rings. The van der Waals surface area contributed by atoms with Gasteiger partial charge in [0, 0.05) is 11.8 Å². The van der Waals surface area contributed by atoms with E-state index in [0.717, 1.165) is 11.1 Å². The lowest BCUT2D eigenvalue weighted by atomic mass is 10.1. The number of hydrogen-bond acceptors (Lipinski definition) is 4. The van der Waals surface area contributed by atoms with Gasteiger partial charge in [0.2, 0.25) is 0 Å². The molecule has 0 spiro atoms. The van der Waals surface area contributed by atoms with Crippen LogP contribution in [0.3, 0.4) is 0 Å². The maximum absolute atomic E-state index is 9.27. The van der Waals surface area contributed by atoms with Crippen LogP contribution in [0, 0.1) is 0 Å². The number of benzene rings is 1. The molecule has 2 rings (SSSR count). The number of aliphatic hydroxyl groups excluding tert-OH is 1. The van der Waals surface area contributed by atoms with Gasteiger partial charge >= 0.3 is 0 Å².